The van der Waals surface area contributed by atoms with Gasteiger partial charge in [-0.05, 0) is 55.2 Å². The van der Waals surface area contributed by atoms with E-state index < -0.39 is 0 Å². The molecule has 3 unspecified atom stereocenters. The molecule has 3 atom stereocenters. The van der Waals surface area contributed by atoms with Gasteiger partial charge in [0.05, 0.1) is 5.02 Å². The lowest BCUT2D eigenvalue weighted by Gasteiger charge is -2.21. The molecule has 2 aliphatic rings. The van der Waals surface area contributed by atoms with Gasteiger partial charge in [-0.2, -0.15) is 0 Å². The van der Waals surface area contributed by atoms with Crippen molar-refractivity contribution in [2.24, 2.45) is 17.8 Å². The highest BCUT2D eigenvalue weighted by molar-refractivity contribution is 6.32. The van der Waals surface area contributed by atoms with E-state index in [1.54, 1.807) is 6.07 Å². The molecule has 3 nitrogen and oxygen atoms in total. The number of fused-ring (bicyclic) bond motifs is 2. The molecule has 0 radical (unpaired) electrons. The second kappa shape index (κ2) is 5.04. The molecular formula is C15H18ClNO2. The van der Waals surface area contributed by atoms with Crippen molar-refractivity contribution < 1.29 is 9.90 Å². The highest BCUT2D eigenvalue weighted by atomic mass is 35.5. The van der Waals surface area contributed by atoms with Gasteiger partial charge < -0.3 is 10.4 Å². The van der Waals surface area contributed by atoms with Crippen LogP contribution >= 0.6 is 11.6 Å². The summed E-state index contributed by atoms with van der Waals surface area (Å²) in [6.07, 6.45) is 5.33. The predicted molar refractivity (Wildman–Crippen MR) is 74.4 cm³/mol. The maximum Gasteiger partial charge on any atom is 0.251 e. The maximum absolute atomic E-state index is 12.0. The Labute approximate surface area is 118 Å². The van der Waals surface area contributed by atoms with E-state index in [2.05, 4.69) is 5.32 Å². The van der Waals surface area contributed by atoms with Gasteiger partial charge in [0.2, 0.25) is 0 Å². The van der Waals surface area contributed by atoms with Crippen molar-refractivity contribution in [1.29, 1.82) is 0 Å². The molecule has 0 aliphatic heterocycles. The average Bonchev–Trinajstić information content (AvgIpc) is 3.01. The van der Waals surface area contributed by atoms with Gasteiger partial charge in [0.25, 0.3) is 5.91 Å². The molecule has 2 aliphatic carbocycles. The normalized spacial score (nSPS) is 28.6. The van der Waals surface area contributed by atoms with Gasteiger partial charge in [0.15, 0.2) is 0 Å². The number of phenolic OH excluding ortho intramolecular Hbond substituents is 1. The van der Waals surface area contributed by atoms with E-state index in [1.165, 1.54) is 37.8 Å². The Balaban J connectivity index is 1.57. The first-order valence-corrected chi connectivity index (χ1v) is 7.28. The van der Waals surface area contributed by atoms with E-state index in [0.29, 0.717) is 11.5 Å². The van der Waals surface area contributed by atoms with Crippen molar-refractivity contribution in [3.8, 4) is 5.75 Å². The largest absolute Gasteiger partial charge is 0.506 e. The van der Waals surface area contributed by atoms with Crippen LogP contribution in [0.25, 0.3) is 0 Å². The number of nitrogens with one attached hydrogen (secondary N) is 1. The lowest BCUT2D eigenvalue weighted by molar-refractivity contribution is 0.0942. The van der Waals surface area contributed by atoms with Crippen LogP contribution in [-0.4, -0.2) is 17.6 Å². The topological polar surface area (TPSA) is 49.3 Å². The molecule has 0 saturated heterocycles. The van der Waals surface area contributed by atoms with Crippen molar-refractivity contribution in [2.75, 3.05) is 6.54 Å². The van der Waals surface area contributed by atoms with Crippen molar-refractivity contribution in [2.45, 2.75) is 25.7 Å². The molecule has 4 heteroatoms. The first-order chi connectivity index (χ1) is 9.13. The molecular weight excluding hydrogens is 262 g/mol. The fourth-order valence-corrected chi connectivity index (χ4v) is 3.78. The molecule has 2 saturated carbocycles. The van der Waals surface area contributed by atoms with Crippen LogP contribution in [0.15, 0.2) is 18.2 Å². The smallest absolute Gasteiger partial charge is 0.251 e. The molecule has 2 bridgehead atoms. The summed E-state index contributed by atoms with van der Waals surface area (Å²) in [5, 5.41) is 12.5. The number of halogens is 1. The predicted octanol–water partition coefficient (Wildman–Crippen LogP) is 3.21. The van der Waals surface area contributed by atoms with Crippen LogP contribution in [0.4, 0.5) is 0 Å². The third-order valence-electron chi connectivity index (χ3n) is 4.62. The van der Waals surface area contributed by atoms with Crippen LogP contribution < -0.4 is 5.32 Å². The number of benzene rings is 1. The molecule has 1 aromatic carbocycles. The van der Waals surface area contributed by atoms with Crippen molar-refractivity contribution in [3.63, 3.8) is 0 Å². The van der Waals surface area contributed by atoms with Crippen LogP contribution in [0.3, 0.4) is 0 Å². The van der Waals surface area contributed by atoms with Crippen LogP contribution in [-0.2, 0) is 0 Å². The maximum atomic E-state index is 12.0. The summed E-state index contributed by atoms with van der Waals surface area (Å²) < 4.78 is 0. The minimum atomic E-state index is -0.107. The number of rotatable bonds is 3. The number of carbonyl (C=O) groups is 1. The zero-order valence-corrected chi connectivity index (χ0v) is 11.5. The molecule has 1 amide bonds. The molecule has 2 N–H and O–H groups in total. The fraction of sp³-hybridized carbons (Fsp3) is 0.533. The van der Waals surface area contributed by atoms with Gasteiger partial charge in [0.1, 0.15) is 5.75 Å². The summed E-state index contributed by atoms with van der Waals surface area (Å²) >= 11 is 5.81. The summed E-state index contributed by atoms with van der Waals surface area (Å²) in [7, 11) is 0. The van der Waals surface area contributed by atoms with E-state index in [0.717, 1.165) is 18.4 Å². The number of hydrogen-bond donors (Lipinski definition) is 2. The van der Waals surface area contributed by atoms with Gasteiger partial charge in [-0.3, -0.25) is 4.79 Å². The van der Waals surface area contributed by atoms with Gasteiger partial charge in [-0.25, -0.2) is 0 Å². The zero-order valence-electron chi connectivity index (χ0n) is 10.7. The average molecular weight is 280 g/mol. The van der Waals surface area contributed by atoms with E-state index in [9.17, 15) is 9.90 Å². The minimum Gasteiger partial charge on any atom is -0.506 e. The van der Waals surface area contributed by atoms with Crippen LogP contribution in [0, 0.1) is 17.8 Å². The molecule has 0 aromatic heterocycles. The van der Waals surface area contributed by atoms with Gasteiger partial charge >= 0.3 is 0 Å². The Bertz CT molecular complexity index is 503. The molecule has 3 rings (SSSR count). The van der Waals surface area contributed by atoms with Crippen molar-refractivity contribution in [1.82, 2.24) is 5.32 Å². The van der Waals surface area contributed by atoms with Crippen molar-refractivity contribution in [3.05, 3.63) is 28.8 Å². The molecule has 0 spiro atoms. The number of phenols is 1. The lowest BCUT2D eigenvalue weighted by atomic mass is 9.89. The lowest BCUT2D eigenvalue weighted by Crippen LogP contribution is -2.31. The second-order valence-corrected chi connectivity index (χ2v) is 6.22. The SMILES string of the molecule is O=C(NCC1CC2CCC1C2)c1ccc(O)c(Cl)c1. The molecule has 102 valence electrons. The summed E-state index contributed by atoms with van der Waals surface area (Å²) in [5.41, 5.74) is 0.506. The third-order valence-corrected chi connectivity index (χ3v) is 4.92. The monoisotopic (exact) mass is 279 g/mol. The number of carbonyl (C=O) groups excluding carboxylic acids is 1. The minimum absolute atomic E-state index is 0.00585. The molecule has 1 aromatic rings. The summed E-state index contributed by atoms with van der Waals surface area (Å²) in [5.74, 6) is 2.26. The number of aromatic hydroxyl groups is 1. The highest BCUT2D eigenvalue weighted by Gasteiger charge is 2.39. The van der Waals surface area contributed by atoms with E-state index in [-0.39, 0.29) is 16.7 Å². The first-order valence-electron chi connectivity index (χ1n) is 6.90. The van der Waals surface area contributed by atoms with E-state index in [4.69, 9.17) is 11.6 Å². The van der Waals surface area contributed by atoms with Crippen LogP contribution in [0.2, 0.25) is 5.02 Å². The molecule has 0 heterocycles. The highest BCUT2D eigenvalue weighted by Crippen LogP contribution is 2.47. The molecule has 2 fully saturated rings. The number of amides is 1. The third kappa shape index (κ3) is 2.57. The van der Waals surface area contributed by atoms with Gasteiger partial charge in [-0.15, -0.1) is 0 Å². The Morgan fingerprint density at radius 1 is 1.37 bits per heavy atom. The van der Waals surface area contributed by atoms with Gasteiger partial charge in [-0.1, -0.05) is 18.0 Å². The summed E-state index contributed by atoms with van der Waals surface area (Å²) in [6, 6.07) is 4.55. The van der Waals surface area contributed by atoms with Crippen LogP contribution in [0.5, 0.6) is 5.75 Å². The standard InChI is InChI=1S/C15H18ClNO2/c16-13-7-11(3-4-14(13)18)15(19)17-8-12-6-9-1-2-10(12)5-9/h3-4,7,9-10,12,18H,1-2,5-6,8H2,(H,17,19). The second-order valence-electron chi connectivity index (χ2n) is 5.81. The Hall–Kier alpha value is -1.22. The van der Waals surface area contributed by atoms with Crippen LogP contribution in [0.1, 0.15) is 36.0 Å². The van der Waals surface area contributed by atoms with Crippen molar-refractivity contribution >= 4 is 17.5 Å². The fourth-order valence-electron chi connectivity index (χ4n) is 3.60. The Morgan fingerprint density at radius 3 is 2.84 bits per heavy atom. The number of hydrogen-bond acceptors (Lipinski definition) is 2. The quantitative estimate of drug-likeness (QED) is 0.893. The molecule has 19 heavy (non-hydrogen) atoms. The summed E-state index contributed by atoms with van der Waals surface area (Å²) in [6.45, 7) is 0.762. The van der Waals surface area contributed by atoms with E-state index in [1.807, 2.05) is 0 Å². The Kier molecular flexibility index (Phi) is 3.40. The Morgan fingerprint density at radius 2 is 2.21 bits per heavy atom. The van der Waals surface area contributed by atoms with E-state index >= 15 is 0 Å². The van der Waals surface area contributed by atoms with Gasteiger partial charge in [0, 0.05) is 12.1 Å². The first kappa shape index (κ1) is 12.8. The zero-order chi connectivity index (χ0) is 13.4. The summed E-state index contributed by atoms with van der Waals surface area (Å²) in [4.78, 5) is 12.0.